The maximum Gasteiger partial charge on any atom is 0.194 e. The molecule has 94 valence electrons. The second-order valence-corrected chi connectivity index (χ2v) is 5.25. The second-order valence-electron chi connectivity index (χ2n) is 5.25. The molecule has 4 heteroatoms. The van der Waals surface area contributed by atoms with E-state index in [1.54, 1.807) is 0 Å². The summed E-state index contributed by atoms with van der Waals surface area (Å²) in [6, 6.07) is 2.54. The minimum absolute atomic E-state index is 0.0598. The van der Waals surface area contributed by atoms with Gasteiger partial charge < -0.3 is 5.32 Å². The van der Waals surface area contributed by atoms with Crippen LogP contribution in [0.15, 0.2) is 12.1 Å². The van der Waals surface area contributed by atoms with Crippen molar-refractivity contribution in [3.05, 3.63) is 35.1 Å². The van der Waals surface area contributed by atoms with Gasteiger partial charge in [0.2, 0.25) is 0 Å². The summed E-state index contributed by atoms with van der Waals surface area (Å²) in [7, 11) is 1.87. The van der Waals surface area contributed by atoms with Crippen LogP contribution in [-0.4, -0.2) is 13.1 Å². The Kier molecular flexibility index (Phi) is 2.94. The van der Waals surface area contributed by atoms with Crippen molar-refractivity contribution in [2.24, 2.45) is 5.41 Å². The van der Waals surface area contributed by atoms with Gasteiger partial charge in [0.05, 0.1) is 0 Å². The molecule has 1 saturated carbocycles. The molecule has 1 N–H and O–H groups in total. The van der Waals surface area contributed by atoms with Gasteiger partial charge in [-0.3, -0.25) is 0 Å². The topological polar surface area (TPSA) is 12.0 Å². The molecular weight excluding hydrogens is 227 g/mol. The highest BCUT2D eigenvalue weighted by Crippen LogP contribution is 2.52. The molecule has 0 bridgehead atoms. The SMILES string of the molecule is CNC1CC(c2cc(F)c(F)c(F)c2)C1(C)C. The van der Waals surface area contributed by atoms with Gasteiger partial charge in [-0.2, -0.15) is 0 Å². The van der Waals surface area contributed by atoms with Gasteiger partial charge in [-0.15, -0.1) is 0 Å². The van der Waals surface area contributed by atoms with Crippen LogP contribution in [0.4, 0.5) is 13.2 Å². The van der Waals surface area contributed by atoms with Crippen molar-refractivity contribution in [1.29, 1.82) is 0 Å². The Bertz CT molecular complexity index is 419. The molecule has 1 nitrogen and oxygen atoms in total. The molecule has 0 spiro atoms. The van der Waals surface area contributed by atoms with E-state index >= 15 is 0 Å². The van der Waals surface area contributed by atoms with Gasteiger partial charge in [0.1, 0.15) is 0 Å². The van der Waals surface area contributed by atoms with Gasteiger partial charge in [-0.1, -0.05) is 13.8 Å². The maximum atomic E-state index is 13.2. The zero-order valence-electron chi connectivity index (χ0n) is 10.2. The average Bonchev–Trinajstić information content (AvgIpc) is 2.25. The predicted octanol–water partition coefficient (Wildman–Crippen LogP) is 3.21. The average molecular weight is 243 g/mol. The van der Waals surface area contributed by atoms with Crippen molar-refractivity contribution in [3.8, 4) is 0 Å². The summed E-state index contributed by atoms with van der Waals surface area (Å²) in [5.41, 5.74) is 0.462. The normalized spacial score (nSPS) is 26.7. The van der Waals surface area contributed by atoms with Gasteiger partial charge >= 0.3 is 0 Å². The summed E-state index contributed by atoms with van der Waals surface area (Å²) < 4.78 is 39.2. The zero-order valence-corrected chi connectivity index (χ0v) is 10.2. The fourth-order valence-electron chi connectivity index (χ4n) is 2.76. The fourth-order valence-corrected chi connectivity index (χ4v) is 2.76. The van der Waals surface area contributed by atoms with Crippen LogP contribution in [0, 0.1) is 22.9 Å². The van der Waals surface area contributed by atoms with Crippen molar-refractivity contribution < 1.29 is 13.2 Å². The second kappa shape index (κ2) is 4.02. The lowest BCUT2D eigenvalue weighted by Gasteiger charge is -2.52. The summed E-state index contributed by atoms with van der Waals surface area (Å²) >= 11 is 0. The van der Waals surface area contributed by atoms with E-state index in [9.17, 15) is 13.2 Å². The van der Waals surface area contributed by atoms with Crippen molar-refractivity contribution in [2.75, 3.05) is 7.05 Å². The molecule has 0 amide bonds. The number of rotatable bonds is 2. The first-order valence-electron chi connectivity index (χ1n) is 5.69. The monoisotopic (exact) mass is 243 g/mol. The third-order valence-corrected chi connectivity index (χ3v) is 4.02. The van der Waals surface area contributed by atoms with E-state index in [0.717, 1.165) is 18.6 Å². The summed E-state index contributed by atoms with van der Waals surface area (Å²) in [6.45, 7) is 4.09. The molecule has 1 aliphatic rings. The molecule has 2 rings (SSSR count). The van der Waals surface area contributed by atoms with E-state index < -0.39 is 17.5 Å². The molecule has 2 atom stereocenters. The van der Waals surface area contributed by atoms with E-state index in [1.807, 2.05) is 20.9 Å². The molecular formula is C13H16F3N. The van der Waals surface area contributed by atoms with Crippen LogP contribution in [0.25, 0.3) is 0 Å². The minimum atomic E-state index is -1.39. The third kappa shape index (κ3) is 1.84. The highest BCUT2D eigenvalue weighted by Gasteiger charge is 2.48. The highest BCUT2D eigenvalue weighted by atomic mass is 19.2. The van der Waals surface area contributed by atoms with Gasteiger partial charge in [0.15, 0.2) is 17.5 Å². The zero-order chi connectivity index (χ0) is 12.8. The van der Waals surface area contributed by atoms with Crippen LogP contribution in [0.1, 0.15) is 31.7 Å². The standard InChI is InChI=1S/C13H16F3N/c1-13(2)8(6-11(13)17-3)7-4-9(14)12(16)10(15)5-7/h4-5,8,11,17H,6H2,1-3H3. The molecule has 2 unspecified atom stereocenters. The summed E-state index contributed by atoms with van der Waals surface area (Å²) in [6.07, 6.45) is 0.814. The lowest BCUT2D eigenvalue weighted by atomic mass is 9.56. The minimum Gasteiger partial charge on any atom is -0.316 e. The maximum absolute atomic E-state index is 13.2. The summed E-state index contributed by atoms with van der Waals surface area (Å²) in [5, 5.41) is 3.17. The Balaban J connectivity index is 2.32. The Labute approximate surface area is 99.0 Å². The lowest BCUT2D eigenvalue weighted by molar-refractivity contribution is 0.0746. The van der Waals surface area contributed by atoms with Gasteiger partial charge in [0.25, 0.3) is 0 Å². The van der Waals surface area contributed by atoms with Crippen LogP contribution in [0.2, 0.25) is 0 Å². The molecule has 0 saturated heterocycles. The molecule has 1 aliphatic carbocycles. The van der Waals surface area contributed by atoms with Crippen LogP contribution < -0.4 is 5.32 Å². The number of halogens is 3. The number of hydrogen-bond acceptors (Lipinski definition) is 1. The van der Waals surface area contributed by atoms with Crippen LogP contribution in [-0.2, 0) is 0 Å². The van der Waals surface area contributed by atoms with Gasteiger partial charge in [0, 0.05) is 6.04 Å². The van der Waals surface area contributed by atoms with Crippen molar-refractivity contribution in [3.63, 3.8) is 0 Å². The molecule has 0 aliphatic heterocycles. The molecule has 1 fully saturated rings. The Morgan fingerprint density at radius 1 is 1.18 bits per heavy atom. The molecule has 17 heavy (non-hydrogen) atoms. The number of benzene rings is 1. The molecule has 1 aromatic carbocycles. The van der Waals surface area contributed by atoms with Gasteiger partial charge in [-0.25, -0.2) is 13.2 Å². The lowest BCUT2D eigenvalue weighted by Crippen LogP contribution is -2.54. The first kappa shape index (κ1) is 12.4. The molecule has 0 heterocycles. The van der Waals surface area contributed by atoms with E-state index in [1.165, 1.54) is 0 Å². The first-order chi connectivity index (χ1) is 7.87. The van der Waals surface area contributed by atoms with Crippen molar-refractivity contribution in [1.82, 2.24) is 5.32 Å². The summed E-state index contributed by atoms with van der Waals surface area (Å²) in [5.74, 6) is -3.55. The largest absolute Gasteiger partial charge is 0.316 e. The quantitative estimate of drug-likeness (QED) is 0.786. The summed E-state index contributed by atoms with van der Waals surface area (Å²) in [4.78, 5) is 0. The smallest absolute Gasteiger partial charge is 0.194 e. The first-order valence-corrected chi connectivity index (χ1v) is 5.69. The molecule has 1 aromatic rings. The predicted molar refractivity (Wildman–Crippen MR) is 60.3 cm³/mol. The third-order valence-electron chi connectivity index (χ3n) is 4.02. The van der Waals surface area contributed by atoms with E-state index in [2.05, 4.69) is 5.32 Å². The van der Waals surface area contributed by atoms with Crippen LogP contribution >= 0.6 is 0 Å². The van der Waals surface area contributed by atoms with Crippen molar-refractivity contribution in [2.45, 2.75) is 32.2 Å². The Morgan fingerprint density at radius 3 is 2.12 bits per heavy atom. The highest BCUT2D eigenvalue weighted by molar-refractivity contribution is 5.29. The van der Waals surface area contributed by atoms with E-state index in [4.69, 9.17) is 0 Å². The van der Waals surface area contributed by atoms with Crippen molar-refractivity contribution >= 4 is 0 Å². The number of nitrogens with one attached hydrogen (secondary N) is 1. The van der Waals surface area contributed by atoms with Crippen LogP contribution in [0.5, 0.6) is 0 Å². The van der Waals surface area contributed by atoms with Gasteiger partial charge in [-0.05, 0) is 42.5 Å². The fraction of sp³-hybridized carbons (Fsp3) is 0.538. The van der Waals surface area contributed by atoms with Crippen LogP contribution in [0.3, 0.4) is 0 Å². The molecule has 0 radical (unpaired) electrons. The Hall–Kier alpha value is -1.03. The number of hydrogen-bond donors (Lipinski definition) is 1. The van der Waals surface area contributed by atoms with E-state index in [-0.39, 0.29) is 11.3 Å². The molecule has 0 aromatic heterocycles. The van der Waals surface area contributed by atoms with E-state index in [0.29, 0.717) is 11.6 Å². The Morgan fingerprint density at radius 2 is 1.71 bits per heavy atom.